The summed E-state index contributed by atoms with van der Waals surface area (Å²) < 4.78 is 11.5. The zero-order valence-corrected chi connectivity index (χ0v) is 13.9. The van der Waals surface area contributed by atoms with Crippen LogP contribution in [-0.4, -0.2) is 43.0 Å². The van der Waals surface area contributed by atoms with Crippen molar-refractivity contribution in [2.24, 2.45) is 11.0 Å². The first-order valence-corrected chi connectivity index (χ1v) is 8.78. The standard InChI is InChI=1S/C18H25N3O2/c1-3-22-14-6-5-13(11-15(14)23-4-2)17-18-16(19-20-17)12-7-9-21(18)10-8-12/h5-6,11-12,17-18,20H,3-4,7-10H2,1-2H3. The molecule has 2 unspecified atom stereocenters. The Hall–Kier alpha value is -1.75. The van der Waals surface area contributed by atoms with Gasteiger partial charge in [0.25, 0.3) is 0 Å². The van der Waals surface area contributed by atoms with Crippen molar-refractivity contribution in [2.45, 2.75) is 38.8 Å². The fourth-order valence-corrected chi connectivity index (χ4v) is 4.17. The summed E-state index contributed by atoms with van der Waals surface area (Å²) >= 11 is 0. The van der Waals surface area contributed by atoms with Crippen molar-refractivity contribution in [1.82, 2.24) is 10.3 Å². The van der Waals surface area contributed by atoms with Crippen molar-refractivity contribution in [1.29, 1.82) is 0 Å². The van der Waals surface area contributed by atoms with Crippen LogP contribution in [0.15, 0.2) is 23.3 Å². The molecule has 0 amide bonds. The molecule has 124 valence electrons. The number of fused-ring (bicyclic) bond motifs is 2. The lowest BCUT2D eigenvalue weighted by Gasteiger charge is -2.45. The molecule has 5 heteroatoms. The lowest BCUT2D eigenvalue weighted by molar-refractivity contribution is 0.133. The molecular formula is C18H25N3O2. The Bertz CT molecular complexity index is 608. The van der Waals surface area contributed by atoms with E-state index in [0.29, 0.717) is 25.2 Å². The van der Waals surface area contributed by atoms with E-state index < -0.39 is 0 Å². The molecule has 0 radical (unpaired) electrons. The Labute approximate surface area is 137 Å². The molecule has 4 aliphatic rings. The number of nitrogens with zero attached hydrogens (tertiary/aromatic N) is 2. The smallest absolute Gasteiger partial charge is 0.161 e. The minimum absolute atomic E-state index is 0.225. The Kier molecular flexibility index (Phi) is 3.89. The molecule has 4 heterocycles. The Morgan fingerprint density at radius 2 is 1.87 bits per heavy atom. The van der Waals surface area contributed by atoms with Gasteiger partial charge < -0.3 is 14.9 Å². The highest BCUT2D eigenvalue weighted by molar-refractivity contribution is 5.95. The monoisotopic (exact) mass is 315 g/mol. The molecular weight excluding hydrogens is 290 g/mol. The van der Waals surface area contributed by atoms with Gasteiger partial charge in [0.05, 0.1) is 31.0 Å². The van der Waals surface area contributed by atoms with Crippen LogP contribution in [0.25, 0.3) is 0 Å². The van der Waals surface area contributed by atoms with E-state index >= 15 is 0 Å². The zero-order chi connectivity index (χ0) is 15.8. The van der Waals surface area contributed by atoms with Crippen LogP contribution < -0.4 is 14.9 Å². The predicted octanol–water partition coefficient (Wildman–Crippen LogP) is 2.58. The molecule has 1 aromatic rings. The van der Waals surface area contributed by atoms with Crippen LogP contribution in [0, 0.1) is 5.92 Å². The Balaban J connectivity index is 1.62. The maximum atomic E-state index is 5.78. The normalized spacial score (nSPS) is 31.3. The maximum Gasteiger partial charge on any atom is 0.161 e. The van der Waals surface area contributed by atoms with Crippen LogP contribution in [0.2, 0.25) is 0 Å². The maximum absolute atomic E-state index is 5.78. The number of piperidine rings is 3. The van der Waals surface area contributed by atoms with E-state index in [1.807, 2.05) is 19.9 Å². The van der Waals surface area contributed by atoms with Crippen molar-refractivity contribution < 1.29 is 9.47 Å². The minimum atomic E-state index is 0.225. The van der Waals surface area contributed by atoms with Crippen molar-refractivity contribution in [3.8, 4) is 11.5 Å². The van der Waals surface area contributed by atoms with Crippen molar-refractivity contribution in [2.75, 3.05) is 26.3 Å². The first-order chi connectivity index (χ1) is 11.3. The molecule has 3 saturated heterocycles. The predicted molar refractivity (Wildman–Crippen MR) is 90.2 cm³/mol. The minimum Gasteiger partial charge on any atom is -0.490 e. The summed E-state index contributed by atoms with van der Waals surface area (Å²) in [4.78, 5) is 2.58. The fourth-order valence-electron chi connectivity index (χ4n) is 4.17. The van der Waals surface area contributed by atoms with Crippen LogP contribution >= 0.6 is 0 Å². The molecule has 0 spiro atoms. The van der Waals surface area contributed by atoms with Gasteiger partial charge in [0, 0.05) is 5.92 Å². The van der Waals surface area contributed by atoms with Gasteiger partial charge in [0.2, 0.25) is 0 Å². The molecule has 1 aromatic carbocycles. The molecule has 2 atom stereocenters. The van der Waals surface area contributed by atoms with Gasteiger partial charge in [-0.05, 0) is 57.5 Å². The molecule has 5 rings (SSSR count). The molecule has 1 N–H and O–H groups in total. The van der Waals surface area contributed by atoms with Crippen molar-refractivity contribution in [3.05, 3.63) is 23.8 Å². The summed E-state index contributed by atoms with van der Waals surface area (Å²) in [6.07, 6.45) is 2.52. The fraction of sp³-hybridized carbons (Fsp3) is 0.611. The number of hydrazone groups is 1. The average molecular weight is 315 g/mol. The first-order valence-electron chi connectivity index (χ1n) is 8.78. The molecule has 0 saturated carbocycles. The van der Waals surface area contributed by atoms with Crippen LogP contribution in [0.3, 0.4) is 0 Å². The highest BCUT2D eigenvalue weighted by Gasteiger charge is 2.46. The summed E-state index contributed by atoms with van der Waals surface area (Å²) in [5, 5.41) is 4.69. The van der Waals surface area contributed by atoms with E-state index in [0.717, 1.165) is 11.5 Å². The molecule has 0 aliphatic carbocycles. The van der Waals surface area contributed by atoms with Crippen molar-refractivity contribution in [3.63, 3.8) is 0 Å². The number of hydrogen-bond acceptors (Lipinski definition) is 5. The van der Waals surface area contributed by atoms with Gasteiger partial charge in [-0.15, -0.1) is 0 Å². The molecule has 2 bridgehead atoms. The summed E-state index contributed by atoms with van der Waals surface area (Å²) in [5.41, 5.74) is 5.98. The number of hydrogen-bond donors (Lipinski definition) is 1. The number of ether oxygens (including phenoxy) is 2. The number of rotatable bonds is 5. The molecule has 3 fully saturated rings. The third kappa shape index (κ3) is 2.47. The van der Waals surface area contributed by atoms with Gasteiger partial charge in [-0.3, -0.25) is 4.90 Å². The topological polar surface area (TPSA) is 46.1 Å². The lowest BCUT2D eigenvalue weighted by atomic mass is 9.78. The van der Waals surface area contributed by atoms with E-state index in [9.17, 15) is 0 Å². The molecule has 5 nitrogen and oxygen atoms in total. The van der Waals surface area contributed by atoms with Gasteiger partial charge in [0.1, 0.15) is 0 Å². The number of benzene rings is 1. The number of nitrogens with one attached hydrogen (secondary N) is 1. The molecule has 23 heavy (non-hydrogen) atoms. The summed E-state index contributed by atoms with van der Waals surface area (Å²) in [7, 11) is 0. The Morgan fingerprint density at radius 1 is 1.13 bits per heavy atom. The van der Waals surface area contributed by atoms with E-state index in [2.05, 4.69) is 27.6 Å². The van der Waals surface area contributed by atoms with Crippen molar-refractivity contribution >= 4 is 5.71 Å². The van der Waals surface area contributed by atoms with Crippen LogP contribution in [0.4, 0.5) is 0 Å². The second-order valence-corrected chi connectivity index (χ2v) is 6.47. The third-order valence-corrected chi connectivity index (χ3v) is 5.22. The quantitative estimate of drug-likeness (QED) is 0.907. The van der Waals surface area contributed by atoms with Crippen LogP contribution in [0.1, 0.15) is 38.3 Å². The van der Waals surface area contributed by atoms with Gasteiger partial charge in [-0.1, -0.05) is 6.07 Å². The van der Waals surface area contributed by atoms with Gasteiger partial charge in [-0.25, -0.2) is 0 Å². The van der Waals surface area contributed by atoms with E-state index in [1.165, 1.54) is 37.2 Å². The van der Waals surface area contributed by atoms with Gasteiger partial charge in [0.15, 0.2) is 11.5 Å². The van der Waals surface area contributed by atoms with Crippen LogP contribution in [0.5, 0.6) is 11.5 Å². The van der Waals surface area contributed by atoms with E-state index in [1.54, 1.807) is 0 Å². The first kappa shape index (κ1) is 14.8. The second kappa shape index (κ2) is 6.04. The molecule has 0 aromatic heterocycles. The largest absolute Gasteiger partial charge is 0.490 e. The zero-order valence-electron chi connectivity index (χ0n) is 13.9. The van der Waals surface area contributed by atoms with Gasteiger partial charge >= 0.3 is 0 Å². The highest BCUT2D eigenvalue weighted by atomic mass is 16.5. The average Bonchev–Trinajstić information content (AvgIpc) is 3.05. The highest BCUT2D eigenvalue weighted by Crippen LogP contribution is 2.40. The summed E-state index contributed by atoms with van der Waals surface area (Å²) in [6, 6.07) is 6.93. The van der Waals surface area contributed by atoms with E-state index in [-0.39, 0.29) is 6.04 Å². The van der Waals surface area contributed by atoms with E-state index in [4.69, 9.17) is 9.47 Å². The third-order valence-electron chi connectivity index (χ3n) is 5.22. The second-order valence-electron chi connectivity index (χ2n) is 6.47. The summed E-state index contributed by atoms with van der Waals surface area (Å²) in [5.74, 6) is 2.33. The lowest BCUT2D eigenvalue weighted by Crippen LogP contribution is -2.56. The van der Waals surface area contributed by atoms with Crippen LogP contribution in [-0.2, 0) is 0 Å². The Morgan fingerprint density at radius 3 is 2.61 bits per heavy atom. The SMILES string of the molecule is CCOc1ccc(C2NN=C3C4CCN(CC4)C32)cc1OCC. The summed E-state index contributed by atoms with van der Waals surface area (Å²) in [6.45, 7) is 7.68. The molecule has 4 aliphatic heterocycles. The van der Waals surface area contributed by atoms with Gasteiger partial charge in [-0.2, -0.15) is 5.10 Å².